The van der Waals surface area contributed by atoms with Gasteiger partial charge in [-0.3, -0.25) is 9.59 Å². The van der Waals surface area contributed by atoms with Gasteiger partial charge in [0.25, 0.3) is 0 Å². The summed E-state index contributed by atoms with van der Waals surface area (Å²) in [5.41, 5.74) is 6.47. The van der Waals surface area contributed by atoms with E-state index < -0.39 is 0 Å². The fourth-order valence-electron chi connectivity index (χ4n) is 2.93. The number of rotatable bonds is 7. The lowest BCUT2D eigenvalue weighted by molar-refractivity contribution is -0.135. The topological polar surface area (TPSA) is 75.4 Å². The van der Waals surface area contributed by atoms with Gasteiger partial charge in [-0.1, -0.05) is 30.3 Å². The Bertz CT molecular complexity index is 510. The third-order valence-corrected chi connectivity index (χ3v) is 4.27. The zero-order chi connectivity index (χ0) is 16.5. The quantitative estimate of drug-likeness (QED) is 0.733. The molecule has 24 heavy (non-hydrogen) atoms. The predicted octanol–water partition coefficient (Wildman–Crippen LogP) is 1.74. The molecule has 1 aliphatic rings. The standard InChI is InChI=1S/C18H27N3O2.ClH/c19-10-4-5-11-20-18(23)16-9-6-12-21(14-16)17(22)13-15-7-2-1-3-8-15;/h1-3,7-8,16H,4-6,9-14,19H2,(H,20,23);1H. The summed E-state index contributed by atoms with van der Waals surface area (Å²) in [7, 11) is 0. The largest absolute Gasteiger partial charge is 0.356 e. The Morgan fingerprint density at radius 1 is 1.21 bits per heavy atom. The van der Waals surface area contributed by atoms with Crippen molar-refractivity contribution in [3.8, 4) is 0 Å². The van der Waals surface area contributed by atoms with Gasteiger partial charge in [0.1, 0.15) is 0 Å². The third kappa shape index (κ3) is 6.49. The lowest BCUT2D eigenvalue weighted by Crippen LogP contribution is -2.46. The fourth-order valence-corrected chi connectivity index (χ4v) is 2.93. The van der Waals surface area contributed by atoms with E-state index in [9.17, 15) is 9.59 Å². The number of piperidine rings is 1. The van der Waals surface area contributed by atoms with E-state index in [1.165, 1.54) is 0 Å². The van der Waals surface area contributed by atoms with Crippen molar-refractivity contribution in [2.75, 3.05) is 26.2 Å². The smallest absolute Gasteiger partial charge is 0.227 e. The Kier molecular flexibility index (Phi) is 9.42. The lowest BCUT2D eigenvalue weighted by Gasteiger charge is -2.32. The number of carbonyl (C=O) groups excluding carboxylic acids is 2. The number of unbranched alkanes of at least 4 members (excludes halogenated alkanes) is 1. The summed E-state index contributed by atoms with van der Waals surface area (Å²) >= 11 is 0. The van der Waals surface area contributed by atoms with Crippen LogP contribution in [0.25, 0.3) is 0 Å². The Labute approximate surface area is 150 Å². The molecular formula is C18H28ClN3O2. The van der Waals surface area contributed by atoms with Crippen LogP contribution >= 0.6 is 12.4 Å². The molecule has 2 amide bonds. The Morgan fingerprint density at radius 2 is 1.96 bits per heavy atom. The average Bonchev–Trinajstić information content (AvgIpc) is 2.59. The highest BCUT2D eigenvalue weighted by molar-refractivity contribution is 5.85. The number of hydrogen-bond donors (Lipinski definition) is 2. The van der Waals surface area contributed by atoms with Gasteiger partial charge in [-0.05, 0) is 37.8 Å². The van der Waals surface area contributed by atoms with E-state index in [2.05, 4.69) is 5.32 Å². The molecule has 1 aromatic carbocycles. The van der Waals surface area contributed by atoms with Crippen molar-refractivity contribution in [1.29, 1.82) is 0 Å². The zero-order valence-corrected chi connectivity index (χ0v) is 14.9. The molecule has 5 nitrogen and oxygen atoms in total. The van der Waals surface area contributed by atoms with E-state index in [1.54, 1.807) is 0 Å². The molecule has 0 saturated carbocycles. The minimum atomic E-state index is -0.0821. The molecule has 0 aliphatic carbocycles. The molecule has 0 aromatic heterocycles. The monoisotopic (exact) mass is 353 g/mol. The Morgan fingerprint density at radius 3 is 2.67 bits per heavy atom. The maximum absolute atomic E-state index is 12.4. The van der Waals surface area contributed by atoms with Gasteiger partial charge in [-0.2, -0.15) is 0 Å². The van der Waals surface area contributed by atoms with E-state index in [0.717, 1.165) is 37.8 Å². The number of amides is 2. The highest BCUT2D eigenvalue weighted by atomic mass is 35.5. The summed E-state index contributed by atoms with van der Waals surface area (Å²) < 4.78 is 0. The molecule has 0 radical (unpaired) electrons. The van der Waals surface area contributed by atoms with Crippen molar-refractivity contribution in [3.63, 3.8) is 0 Å². The first-order chi connectivity index (χ1) is 11.2. The van der Waals surface area contributed by atoms with Crippen LogP contribution in [0, 0.1) is 5.92 Å². The summed E-state index contributed by atoms with van der Waals surface area (Å²) in [5.74, 6) is 0.0948. The van der Waals surface area contributed by atoms with E-state index in [0.29, 0.717) is 26.1 Å². The maximum Gasteiger partial charge on any atom is 0.227 e. The summed E-state index contributed by atoms with van der Waals surface area (Å²) in [6.07, 6.45) is 3.99. The summed E-state index contributed by atoms with van der Waals surface area (Å²) in [4.78, 5) is 26.5. The number of nitrogens with two attached hydrogens (primary N) is 1. The highest BCUT2D eigenvalue weighted by Crippen LogP contribution is 2.18. The first-order valence-electron chi connectivity index (χ1n) is 8.50. The molecule has 1 atom stereocenters. The molecule has 1 fully saturated rings. The minimum Gasteiger partial charge on any atom is -0.356 e. The molecule has 6 heteroatoms. The Balaban J connectivity index is 0.00000288. The first-order valence-corrected chi connectivity index (χ1v) is 8.50. The molecule has 1 unspecified atom stereocenters. The van der Waals surface area contributed by atoms with Crippen LogP contribution in [0.4, 0.5) is 0 Å². The van der Waals surface area contributed by atoms with Gasteiger partial charge >= 0.3 is 0 Å². The van der Waals surface area contributed by atoms with Crippen LogP contribution in [0.3, 0.4) is 0 Å². The minimum absolute atomic E-state index is 0. The van der Waals surface area contributed by atoms with Crippen LogP contribution in [-0.4, -0.2) is 42.9 Å². The summed E-state index contributed by atoms with van der Waals surface area (Å²) in [6, 6.07) is 9.75. The van der Waals surface area contributed by atoms with Crippen molar-refractivity contribution in [3.05, 3.63) is 35.9 Å². The summed E-state index contributed by atoms with van der Waals surface area (Å²) in [6.45, 7) is 2.61. The lowest BCUT2D eigenvalue weighted by atomic mass is 9.96. The molecular weight excluding hydrogens is 326 g/mol. The van der Waals surface area contributed by atoms with E-state index in [-0.39, 0.29) is 30.1 Å². The zero-order valence-electron chi connectivity index (χ0n) is 14.1. The van der Waals surface area contributed by atoms with Crippen molar-refractivity contribution in [2.45, 2.75) is 32.1 Å². The van der Waals surface area contributed by atoms with Gasteiger partial charge in [-0.25, -0.2) is 0 Å². The number of likely N-dealkylation sites (tertiary alicyclic amines) is 1. The molecule has 1 aromatic rings. The van der Waals surface area contributed by atoms with E-state index in [1.807, 2.05) is 35.2 Å². The molecule has 1 heterocycles. The SMILES string of the molecule is Cl.NCCCCNC(=O)C1CCCN(C(=O)Cc2ccccc2)C1. The number of hydrogen-bond acceptors (Lipinski definition) is 3. The molecule has 134 valence electrons. The normalized spacial score (nSPS) is 17.0. The van der Waals surface area contributed by atoms with Crippen molar-refractivity contribution in [1.82, 2.24) is 10.2 Å². The third-order valence-electron chi connectivity index (χ3n) is 4.27. The second-order valence-electron chi connectivity index (χ2n) is 6.13. The van der Waals surface area contributed by atoms with Crippen LogP contribution in [0.15, 0.2) is 30.3 Å². The maximum atomic E-state index is 12.4. The first kappa shape index (κ1) is 20.5. The summed E-state index contributed by atoms with van der Waals surface area (Å²) in [5, 5.41) is 2.96. The molecule has 2 rings (SSSR count). The fraction of sp³-hybridized carbons (Fsp3) is 0.556. The van der Waals surface area contributed by atoms with Crippen molar-refractivity contribution >= 4 is 24.2 Å². The van der Waals surface area contributed by atoms with Gasteiger partial charge < -0.3 is 16.0 Å². The van der Waals surface area contributed by atoms with Crippen molar-refractivity contribution in [2.24, 2.45) is 11.7 Å². The number of benzene rings is 1. The van der Waals surface area contributed by atoms with Gasteiger partial charge in [0.2, 0.25) is 11.8 Å². The molecule has 0 spiro atoms. The van der Waals surface area contributed by atoms with Gasteiger partial charge in [0.15, 0.2) is 0 Å². The Hall–Kier alpha value is -1.59. The number of nitrogens with zero attached hydrogens (tertiary/aromatic N) is 1. The second kappa shape index (κ2) is 11.0. The van der Waals surface area contributed by atoms with Gasteiger partial charge in [0, 0.05) is 19.6 Å². The van der Waals surface area contributed by atoms with E-state index in [4.69, 9.17) is 5.73 Å². The van der Waals surface area contributed by atoms with Crippen LogP contribution in [0.2, 0.25) is 0 Å². The predicted molar refractivity (Wildman–Crippen MR) is 98.0 cm³/mol. The van der Waals surface area contributed by atoms with E-state index >= 15 is 0 Å². The van der Waals surface area contributed by atoms with Crippen molar-refractivity contribution < 1.29 is 9.59 Å². The molecule has 0 bridgehead atoms. The molecule has 3 N–H and O–H groups in total. The van der Waals surface area contributed by atoms with Crippen LogP contribution in [0.5, 0.6) is 0 Å². The van der Waals surface area contributed by atoms with Gasteiger partial charge in [0.05, 0.1) is 12.3 Å². The number of carbonyl (C=O) groups is 2. The van der Waals surface area contributed by atoms with Crippen LogP contribution in [-0.2, 0) is 16.0 Å². The molecule has 1 saturated heterocycles. The second-order valence-corrected chi connectivity index (χ2v) is 6.13. The highest BCUT2D eigenvalue weighted by Gasteiger charge is 2.28. The number of halogens is 1. The average molecular weight is 354 g/mol. The van der Waals surface area contributed by atoms with Crippen LogP contribution in [0.1, 0.15) is 31.2 Å². The number of nitrogens with one attached hydrogen (secondary N) is 1. The van der Waals surface area contributed by atoms with Crippen LogP contribution < -0.4 is 11.1 Å². The molecule has 1 aliphatic heterocycles. The van der Waals surface area contributed by atoms with Gasteiger partial charge in [-0.15, -0.1) is 12.4 Å².